The molecule has 1 unspecified atom stereocenters. The van der Waals surface area contributed by atoms with Gasteiger partial charge in [0.15, 0.2) is 5.96 Å². The number of esters is 1. The van der Waals surface area contributed by atoms with Crippen LogP contribution in [0.1, 0.15) is 58.8 Å². The SMILES string of the molecule is CCNC(=NCCNC(=O)CC1CCCC1)N1CCCC(C(=O)OCC)C1.I. The highest BCUT2D eigenvalue weighted by Crippen LogP contribution is 2.27. The number of rotatable bonds is 8. The fraction of sp³-hybridized carbons (Fsp3) is 0.850. The van der Waals surface area contributed by atoms with E-state index in [0.717, 1.165) is 31.9 Å². The van der Waals surface area contributed by atoms with Gasteiger partial charge in [-0.15, -0.1) is 24.0 Å². The summed E-state index contributed by atoms with van der Waals surface area (Å²) in [6, 6.07) is 0. The minimum atomic E-state index is -0.114. The zero-order valence-electron chi connectivity index (χ0n) is 17.4. The van der Waals surface area contributed by atoms with Crippen molar-refractivity contribution in [2.45, 2.75) is 58.8 Å². The van der Waals surface area contributed by atoms with Crippen molar-refractivity contribution in [2.75, 3.05) is 39.3 Å². The van der Waals surface area contributed by atoms with Crippen LogP contribution in [0.5, 0.6) is 0 Å². The highest BCUT2D eigenvalue weighted by Gasteiger charge is 2.28. The number of nitrogens with zero attached hydrogens (tertiary/aromatic N) is 2. The fourth-order valence-electron chi connectivity index (χ4n) is 3.95. The summed E-state index contributed by atoms with van der Waals surface area (Å²) in [5.74, 6) is 1.32. The summed E-state index contributed by atoms with van der Waals surface area (Å²) in [6.45, 7) is 7.68. The van der Waals surface area contributed by atoms with Crippen molar-refractivity contribution in [3.05, 3.63) is 0 Å². The van der Waals surface area contributed by atoms with Crippen molar-refractivity contribution in [1.29, 1.82) is 0 Å². The van der Waals surface area contributed by atoms with Gasteiger partial charge in [0.2, 0.25) is 5.91 Å². The predicted octanol–water partition coefficient (Wildman–Crippen LogP) is 2.54. The van der Waals surface area contributed by atoms with Gasteiger partial charge in [0.25, 0.3) is 0 Å². The molecule has 0 aromatic heterocycles. The second kappa shape index (κ2) is 14.0. The summed E-state index contributed by atoms with van der Waals surface area (Å²) in [6.07, 6.45) is 7.36. The summed E-state index contributed by atoms with van der Waals surface area (Å²) < 4.78 is 5.18. The maximum Gasteiger partial charge on any atom is 0.310 e. The number of guanidine groups is 1. The van der Waals surface area contributed by atoms with E-state index in [-0.39, 0.29) is 41.8 Å². The smallest absolute Gasteiger partial charge is 0.310 e. The molecule has 2 N–H and O–H groups in total. The molecule has 0 radical (unpaired) electrons. The van der Waals surface area contributed by atoms with E-state index in [2.05, 4.69) is 20.5 Å². The molecule has 0 aromatic carbocycles. The first-order valence-corrected chi connectivity index (χ1v) is 10.6. The third-order valence-corrected chi connectivity index (χ3v) is 5.32. The lowest BCUT2D eigenvalue weighted by Gasteiger charge is -2.34. The second-order valence-electron chi connectivity index (χ2n) is 7.48. The van der Waals surface area contributed by atoms with Crippen LogP contribution in [0.25, 0.3) is 0 Å². The Labute approximate surface area is 186 Å². The molecular weight excluding hydrogens is 471 g/mol. The molecule has 1 saturated carbocycles. The molecule has 1 atom stereocenters. The Hall–Kier alpha value is -1.06. The van der Waals surface area contributed by atoms with Crippen molar-refractivity contribution in [3.8, 4) is 0 Å². The lowest BCUT2D eigenvalue weighted by atomic mass is 9.98. The number of piperidine rings is 1. The van der Waals surface area contributed by atoms with Gasteiger partial charge in [-0.2, -0.15) is 0 Å². The molecule has 0 bridgehead atoms. The molecule has 1 amide bonds. The Morgan fingerprint density at radius 3 is 2.54 bits per heavy atom. The van der Waals surface area contributed by atoms with Gasteiger partial charge in [-0.3, -0.25) is 14.6 Å². The molecule has 1 saturated heterocycles. The molecule has 1 aliphatic carbocycles. The second-order valence-corrected chi connectivity index (χ2v) is 7.48. The quantitative estimate of drug-likeness (QED) is 0.173. The first kappa shape index (κ1) is 25.0. The van der Waals surface area contributed by atoms with Crippen molar-refractivity contribution in [2.24, 2.45) is 16.8 Å². The van der Waals surface area contributed by atoms with Crippen LogP contribution in [0, 0.1) is 11.8 Å². The molecule has 8 heteroatoms. The third kappa shape index (κ3) is 8.53. The molecule has 7 nitrogen and oxygen atoms in total. The molecule has 162 valence electrons. The van der Waals surface area contributed by atoms with Crippen LogP contribution >= 0.6 is 24.0 Å². The Morgan fingerprint density at radius 1 is 1.11 bits per heavy atom. The van der Waals surface area contributed by atoms with Gasteiger partial charge in [0.1, 0.15) is 0 Å². The van der Waals surface area contributed by atoms with Gasteiger partial charge in [-0.1, -0.05) is 12.8 Å². The van der Waals surface area contributed by atoms with Crippen molar-refractivity contribution < 1.29 is 14.3 Å². The summed E-state index contributed by atoms with van der Waals surface area (Å²) in [5.41, 5.74) is 0. The predicted molar refractivity (Wildman–Crippen MR) is 122 cm³/mol. The Morgan fingerprint density at radius 2 is 1.86 bits per heavy atom. The molecular formula is C20H37IN4O3. The van der Waals surface area contributed by atoms with Crippen molar-refractivity contribution in [3.63, 3.8) is 0 Å². The van der Waals surface area contributed by atoms with Crippen LogP contribution in [-0.4, -0.2) is 62.1 Å². The number of carbonyl (C=O) groups excluding carboxylic acids is 2. The fourth-order valence-corrected chi connectivity index (χ4v) is 3.95. The topological polar surface area (TPSA) is 83.0 Å². The van der Waals surface area contributed by atoms with E-state index in [9.17, 15) is 9.59 Å². The molecule has 0 spiro atoms. The summed E-state index contributed by atoms with van der Waals surface area (Å²) in [4.78, 5) is 30.8. The lowest BCUT2D eigenvalue weighted by Crippen LogP contribution is -2.48. The minimum absolute atomic E-state index is 0. The Bertz CT molecular complexity index is 510. The number of ether oxygens (including phenoxy) is 1. The first-order chi connectivity index (χ1) is 13.1. The minimum Gasteiger partial charge on any atom is -0.466 e. The van der Waals surface area contributed by atoms with E-state index in [1.165, 1.54) is 25.7 Å². The van der Waals surface area contributed by atoms with Gasteiger partial charge in [-0.25, -0.2) is 0 Å². The molecule has 1 heterocycles. The van der Waals surface area contributed by atoms with E-state index in [1.807, 2.05) is 13.8 Å². The lowest BCUT2D eigenvalue weighted by molar-refractivity contribution is -0.149. The van der Waals surface area contributed by atoms with Gasteiger partial charge in [0, 0.05) is 32.6 Å². The molecule has 0 aromatic rings. The van der Waals surface area contributed by atoms with Crippen LogP contribution < -0.4 is 10.6 Å². The maximum atomic E-state index is 12.0. The van der Waals surface area contributed by atoms with Crippen LogP contribution in [-0.2, 0) is 14.3 Å². The van der Waals surface area contributed by atoms with Crippen LogP contribution in [0.2, 0.25) is 0 Å². The zero-order chi connectivity index (χ0) is 19.5. The largest absolute Gasteiger partial charge is 0.466 e. The molecule has 2 fully saturated rings. The first-order valence-electron chi connectivity index (χ1n) is 10.6. The van der Waals surface area contributed by atoms with E-state index < -0.39 is 0 Å². The molecule has 2 rings (SSSR count). The van der Waals surface area contributed by atoms with Gasteiger partial charge in [0.05, 0.1) is 19.1 Å². The average molecular weight is 508 g/mol. The number of aliphatic imine (C=N–C) groups is 1. The molecule has 2 aliphatic rings. The monoisotopic (exact) mass is 508 g/mol. The third-order valence-electron chi connectivity index (χ3n) is 5.32. The van der Waals surface area contributed by atoms with Crippen molar-refractivity contribution in [1.82, 2.24) is 15.5 Å². The van der Waals surface area contributed by atoms with E-state index in [0.29, 0.717) is 38.6 Å². The van der Waals surface area contributed by atoms with Gasteiger partial charge >= 0.3 is 5.97 Å². The summed E-state index contributed by atoms with van der Waals surface area (Å²) in [7, 11) is 0. The number of likely N-dealkylation sites (tertiary alicyclic amines) is 1. The average Bonchev–Trinajstić information content (AvgIpc) is 3.17. The number of nitrogens with one attached hydrogen (secondary N) is 2. The van der Waals surface area contributed by atoms with Crippen LogP contribution in [0.15, 0.2) is 4.99 Å². The summed E-state index contributed by atoms with van der Waals surface area (Å²) in [5, 5.41) is 6.29. The van der Waals surface area contributed by atoms with Crippen LogP contribution in [0.4, 0.5) is 0 Å². The molecule has 28 heavy (non-hydrogen) atoms. The Balaban J connectivity index is 0.00000392. The van der Waals surface area contributed by atoms with E-state index in [1.54, 1.807) is 0 Å². The number of halogens is 1. The summed E-state index contributed by atoms with van der Waals surface area (Å²) >= 11 is 0. The molecule has 1 aliphatic heterocycles. The van der Waals surface area contributed by atoms with E-state index in [4.69, 9.17) is 4.74 Å². The van der Waals surface area contributed by atoms with Crippen LogP contribution in [0.3, 0.4) is 0 Å². The normalized spacial score (nSPS) is 20.4. The maximum absolute atomic E-state index is 12.0. The highest BCUT2D eigenvalue weighted by atomic mass is 127. The number of carbonyl (C=O) groups is 2. The van der Waals surface area contributed by atoms with Gasteiger partial charge < -0.3 is 20.3 Å². The Kier molecular flexibility index (Phi) is 12.5. The van der Waals surface area contributed by atoms with Gasteiger partial charge in [-0.05, 0) is 45.4 Å². The highest BCUT2D eigenvalue weighted by molar-refractivity contribution is 14.0. The number of hydrogen-bond donors (Lipinski definition) is 2. The number of hydrogen-bond acceptors (Lipinski definition) is 4. The number of amides is 1. The standard InChI is InChI=1S/C20H36N4O3.HI/c1-3-21-20(24-13-7-10-17(15-24)19(26)27-4-2)23-12-11-22-18(25)14-16-8-5-6-9-16;/h16-17H,3-15H2,1-2H3,(H,21,23)(H,22,25);1H. The van der Waals surface area contributed by atoms with E-state index >= 15 is 0 Å². The van der Waals surface area contributed by atoms with Crippen molar-refractivity contribution >= 4 is 41.8 Å². The zero-order valence-corrected chi connectivity index (χ0v) is 19.7.